The van der Waals surface area contributed by atoms with Crippen LogP contribution in [-0.4, -0.2) is 0 Å². The molecule has 2 rings (SSSR count). The van der Waals surface area contributed by atoms with Gasteiger partial charge < -0.3 is 0 Å². The van der Waals surface area contributed by atoms with Gasteiger partial charge in [-0.3, -0.25) is 0 Å². The van der Waals surface area contributed by atoms with Gasteiger partial charge in [0.05, 0.1) is 0 Å². The van der Waals surface area contributed by atoms with Gasteiger partial charge in [-0.15, -0.1) is 0 Å². The van der Waals surface area contributed by atoms with E-state index in [-0.39, 0.29) is 0 Å². The summed E-state index contributed by atoms with van der Waals surface area (Å²) in [5.41, 5.74) is 1.35. The van der Waals surface area contributed by atoms with Crippen LogP contribution in [-0.2, 0) is 0 Å². The van der Waals surface area contributed by atoms with Crippen LogP contribution in [0.5, 0.6) is 0 Å². The van der Waals surface area contributed by atoms with Crippen molar-refractivity contribution in [1.82, 2.24) is 0 Å². The lowest BCUT2D eigenvalue weighted by Crippen LogP contribution is -2.41. The molecule has 0 aromatic rings. The first-order valence-corrected chi connectivity index (χ1v) is 8.28. The number of hydrogen-bond acceptors (Lipinski definition) is 0. The second-order valence-corrected chi connectivity index (χ2v) is 9.11. The first-order chi connectivity index (χ1) is 8.28. The normalized spacial score (nSPS) is 37.0. The summed E-state index contributed by atoms with van der Waals surface area (Å²) in [6, 6.07) is 0. The van der Waals surface area contributed by atoms with Crippen molar-refractivity contribution in [3.63, 3.8) is 0 Å². The summed E-state index contributed by atoms with van der Waals surface area (Å²) in [5, 5.41) is 0. The molecule has 18 heavy (non-hydrogen) atoms. The Bertz CT molecular complexity index is 252. The van der Waals surface area contributed by atoms with Gasteiger partial charge in [0.1, 0.15) is 0 Å². The Hall–Kier alpha value is 0. The topological polar surface area (TPSA) is 0 Å². The Morgan fingerprint density at radius 2 is 1.56 bits per heavy atom. The zero-order valence-electron chi connectivity index (χ0n) is 13.4. The first-order valence-electron chi connectivity index (χ1n) is 8.28. The third kappa shape index (κ3) is 3.75. The highest BCUT2D eigenvalue weighted by molar-refractivity contribution is 4.97. The lowest BCUT2D eigenvalue weighted by molar-refractivity contribution is -0.0185. The van der Waals surface area contributed by atoms with E-state index in [1.165, 1.54) is 25.7 Å². The van der Waals surface area contributed by atoms with Crippen LogP contribution in [0.1, 0.15) is 86.0 Å². The Balaban J connectivity index is 1.72. The van der Waals surface area contributed by atoms with E-state index >= 15 is 0 Å². The highest BCUT2D eigenvalue weighted by Crippen LogP contribution is 2.58. The predicted molar refractivity (Wildman–Crippen MR) is 80.6 cm³/mol. The van der Waals surface area contributed by atoms with Crippen LogP contribution in [0.25, 0.3) is 0 Å². The molecule has 0 saturated heterocycles. The lowest BCUT2D eigenvalue weighted by atomic mass is 9.52. The van der Waals surface area contributed by atoms with Crippen molar-refractivity contribution < 1.29 is 0 Å². The van der Waals surface area contributed by atoms with Crippen LogP contribution in [0.3, 0.4) is 0 Å². The van der Waals surface area contributed by atoms with E-state index in [0.717, 1.165) is 23.2 Å². The van der Waals surface area contributed by atoms with Crippen LogP contribution in [0.2, 0.25) is 0 Å². The Labute approximate surface area is 115 Å². The van der Waals surface area contributed by atoms with Gasteiger partial charge >= 0.3 is 0 Å². The van der Waals surface area contributed by atoms with Gasteiger partial charge in [0.25, 0.3) is 0 Å². The molecule has 2 aliphatic carbocycles. The SMILES string of the molecule is CC(C)CC1CCC2(CC1)CC(CC(C)(C)C)C2. The zero-order valence-corrected chi connectivity index (χ0v) is 13.4. The summed E-state index contributed by atoms with van der Waals surface area (Å²) in [5.74, 6) is 3.00. The molecule has 0 bridgehead atoms. The second kappa shape index (κ2) is 5.17. The number of hydrogen-bond donors (Lipinski definition) is 0. The average molecular weight is 250 g/mol. The standard InChI is InChI=1S/C18H34/c1-14(2)10-15-6-8-18(9-7-15)12-16(13-18)11-17(3,4)5/h14-16H,6-13H2,1-5H3. The Kier molecular flexibility index (Phi) is 4.14. The number of rotatable bonds is 3. The van der Waals surface area contributed by atoms with Crippen molar-refractivity contribution >= 4 is 0 Å². The van der Waals surface area contributed by atoms with Crippen LogP contribution in [0, 0.1) is 28.6 Å². The van der Waals surface area contributed by atoms with Gasteiger partial charge in [0, 0.05) is 0 Å². The maximum atomic E-state index is 2.40. The molecule has 2 aliphatic rings. The molecule has 0 unspecified atom stereocenters. The van der Waals surface area contributed by atoms with E-state index < -0.39 is 0 Å². The molecule has 0 aliphatic heterocycles. The minimum atomic E-state index is 0.543. The monoisotopic (exact) mass is 250 g/mol. The molecular formula is C18H34. The minimum Gasteiger partial charge on any atom is -0.0628 e. The largest absolute Gasteiger partial charge is 0.0628 e. The van der Waals surface area contributed by atoms with Crippen molar-refractivity contribution in [3.8, 4) is 0 Å². The minimum absolute atomic E-state index is 0.543. The van der Waals surface area contributed by atoms with Crippen molar-refractivity contribution in [2.24, 2.45) is 28.6 Å². The molecule has 0 atom stereocenters. The quantitative estimate of drug-likeness (QED) is 0.571. The van der Waals surface area contributed by atoms with Crippen LogP contribution in [0.4, 0.5) is 0 Å². The van der Waals surface area contributed by atoms with Crippen molar-refractivity contribution in [3.05, 3.63) is 0 Å². The van der Waals surface area contributed by atoms with Gasteiger partial charge in [-0.1, -0.05) is 34.6 Å². The van der Waals surface area contributed by atoms with Gasteiger partial charge in [-0.2, -0.15) is 0 Å². The smallest absolute Gasteiger partial charge is 0.0292 e. The second-order valence-electron chi connectivity index (χ2n) is 9.11. The third-order valence-electron chi connectivity index (χ3n) is 5.31. The Morgan fingerprint density at radius 3 is 2.00 bits per heavy atom. The summed E-state index contributed by atoms with van der Waals surface area (Å²) in [6.45, 7) is 12.0. The summed E-state index contributed by atoms with van der Waals surface area (Å²) < 4.78 is 0. The van der Waals surface area contributed by atoms with Gasteiger partial charge in [-0.25, -0.2) is 0 Å². The van der Waals surface area contributed by atoms with E-state index in [1.54, 1.807) is 25.7 Å². The molecule has 0 amide bonds. The molecule has 0 N–H and O–H groups in total. The molecule has 0 nitrogen and oxygen atoms in total. The molecule has 0 heterocycles. The fourth-order valence-electron chi connectivity index (χ4n) is 4.78. The van der Waals surface area contributed by atoms with E-state index in [1.807, 2.05) is 0 Å². The molecule has 0 aromatic heterocycles. The molecule has 2 fully saturated rings. The molecule has 0 aromatic carbocycles. The van der Waals surface area contributed by atoms with Gasteiger partial charge in [0.2, 0.25) is 0 Å². The maximum Gasteiger partial charge on any atom is -0.0292 e. The van der Waals surface area contributed by atoms with Crippen molar-refractivity contribution in [1.29, 1.82) is 0 Å². The lowest BCUT2D eigenvalue weighted by Gasteiger charge is -2.53. The van der Waals surface area contributed by atoms with Crippen LogP contribution >= 0.6 is 0 Å². The summed E-state index contributed by atoms with van der Waals surface area (Å²) in [6.07, 6.45) is 12.2. The average Bonchev–Trinajstić information content (AvgIpc) is 2.15. The molecule has 1 spiro atoms. The molecule has 106 valence electrons. The van der Waals surface area contributed by atoms with Gasteiger partial charge in [0.15, 0.2) is 0 Å². The van der Waals surface area contributed by atoms with E-state index in [4.69, 9.17) is 0 Å². The van der Waals surface area contributed by atoms with Crippen molar-refractivity contribution in [2.75, 3.05) is 0 Å². The fourth-order valence-corrected chi connectivity index (χ4v) is 4.78. The molecule has 0 heteroatoms. The highest BCUT2D eigenvalue weighted by atomic mass is 14.5. The predicted octanol–water partition coefficient (Wildman–Crippen LogP) is 6.06. The summed E-state index contributed by atoms with van der Waals surface area (Å²) in [7, 11) is 0. The summed E-state index contributed by atoms with van der Waals surface area (Å²) >= 11 is 0. The first kappa shape index (κ1) is 14.4. The van der Waals surface area contributed by atoms with E-state index in [2.05, 4.69) is 34.6 Å². The molecular weight excluding hydrogens is 216 g/mol. The van der Waals surface area contributed by atoms with E-state index in [0.29, 0.717) is 5.41 Å². The zero-order chi connectivity index (χ0) is 13.4. The third-order valence-corrected chi connectivity index (χ3v) is 5.31. The summed E-state index contributed by atoms with van der Waals surface area (Å²) in [4.78, 5) is 0. The maximum absolute atomic E-state index is 2.40. The van der Waals surface area contributed by atoms with Crippen LogP contribution < -0.4 is 0 Å². The van der Waals surface area contributed by atoms with Crippen LogP contribution in [0.15, 0.2) is 0 Å². The molecule has 0 radical (unpaired) electrons. The molecule has 2 saturated carbocycles. The fraction of sp³-hybridized carbons (Fsp3) is 1.00. The van der Waals surface area contributed by atoms with Crippen molar-refractivity contribution in [2.45, 2.75) is 86.0 Å². The Morgan fingerprint density at radius 1 is 1.00 bits per heavy atom. The van der Waals surface area contributed by atoms with Gasteiger partial charge in [-0.05, 0) is 80.0 Å². The highest BCUT2D eigenvalue weighted by Gasteiger charge is 2.46. The van der Waals surface area contributed by atoms with E-state index in [9.17, 15) is 0 Å².